The molecule has 0 spiro atoms. The van der Waals surface area contributed by atoms with Gasteiger partial charge >= 0.3 is 4.87 Å². The highest BCUT2D eigenvalue weighted by Crippen LogP contribution is 2.33. The van der Waals surface area contributed by atoms with Crippen LogP contribution in [0.1, 0.15) is 32.3 Å². The first-order valence-electron chi connectivity index (χ1n) is 7.28. The molecule has 2 rings (SSSR count). The van der Waals surface area contributed by atoms with Gasteiger partial charge in [-0.3, -0.25) is 4.79 Å². The first kappa shape index (κ1) is 19.8. The van der Waals surface area contributed by atoms with Crippen LogP contribution in [0.2, 0.25) is 10.0 Å². The van der Waals surface area contributed by atoms with Crippen LogP contribution in [-0.4, -0.2) is 29.5 Å². The summed E-state index contributed by atoms with van der Waals surface area (Å²) in [5.41, 5.74) is 1.74. The van der Waals surface area contributed by atoms with Gasteiger partial charge in [-0.1, -0.05) is 48.4 Å². The van der Waals surface area contributed by atoms with E-state index in [0.717, 1.165) is 49.2 Å². The molecule has 22 heavy (non-hydrogen) atoms. The van der Waals surface area contributed by atoms with Gasteiger partial charge in [-0.2, -0.15) is 0 Å². The van der Waals surface area contributed by atoms with E-state index in [9.17, 15) is 4.79 Å². The summed E-state index contributed by atoms with van der Waals surface area (Å²) in [6.07, 6.45) is 3.11. The predicted octanol–water partition coefficient (Wildman–Crippen LogP) is 4.98. The molecule has 0 bridgehead atoms. The van der Waals surface area contributed by atoms with Gasteiger partial charge in [0.25, 0.3) is 0 Å². The molecule has 1 heterocycles. The Labute approximate surface area is 151 Å². The monoisotopic (exact) mass is 382 g/mol. The van der Waals surface area contributed by atoms with E-state index >= 15 is 0 Å². The van der Waals surface area contributed by atoms with Gasteiger partial charge in [0.1, 0.15) is 0 Å². The number of nitrogens with zero attached hydrogens (tertiary/aromatic N) is 1. The number of H-pyrrole nitrogens is 1. The van der Waals surface area contributed by atoms with Crippen molar-refractivity contribution in [1.29, 1.82) is 0 Å². The van der Waals surface area contributed by atoms with Crippen molar-refractivity contribution in [2.75, 3.05) is 19.6 Å². The van der Waals surface area contributed by atoms with Gasteiger partial charge < -0.3 is 9.88 Å². The van der Waals surface area contributed by atoms with Crippen LogP contribution in [0.5, 0.6) is 0 Å². The molecule has 0 fully saturated rings. The average molecular weight is 384 g/mol. The number of hydrogen-bond donors (Lipinski definition) is 1. The first-order valence-corrected chi connectivity index (χ1v) is 8.86. The largest absolute Gasteiger partial charge is 0.311 e. The molecule has 1 aromatic carbocycles. The number of thiazole rings is 1. The molecule has 0 amide bonds. The summed E-state index contributed by atoms with van der Waals surface area (Å²) in [5.74, 6) is 0. The lowest BCUT2D eigenvalue weighted by Crippen LogP contribution is -2.27. The van der Waals surface area contributed by atoms with Crippen LogP contribution in [0.25, 0.3) is 10.2 Å². The van der Waals surface area contributed by atoms with Gasteiger partial charge in [0.2, 0.25) is 0 Å². The van der Waals surface area contributed by atoms with Crippen molar-refractivity contribution in [3.63, 3.8) is 0 Å². The van der Waals surface area contributed by atoms with Crippen LogP contribution in [0, 0.1) is 0 Å². The molecule has 0 saturated heterocycles. The fraction of sp³-hybridized carbons (Fsp3) is 0.533. The Morgan fingerprint density at radius 2 is 1.77 bits per heavy atom. The minimum atomic E-state index is -0.0885. The molecule has 0 aliphatic carbocycles. The zero-order chi connectivity index (χ0) is 15.4. The summed E-state index contributed by atoms with van der Waals surface area (Å²) in [7, 11) is 0. The molecular formula is C15H21Cl3N2OS. The number of aromatic nitrogens is 1. The quantitative estimate of drug-likeness (QED) is 0.731. The van der Waals surface area contributed by atoms with Crippen LogP contribution in [0.3, 0.4) is 0 Å². The topological polar surface area (TPSA) is 36.1 Å². The highest BCUT2D eigenvalue weighted by atomic mass is 35.5. The predicted molar refractivity (Wildman–Crippen MR) is 100 cm³/mol. The Morgan fingerprint density at radius 3 is 2.36 bits per heavy atom. The van der Waals surface area contributed by atoms with Crippen LogP contribution < -0.4 is 4.87 Å². The Bertz CT molecular complexity index is 663. The van der Waals surface area contributed by atoms with Gasteiger partial charge in [0, 0.05) is 11.6 Å². The molecule has 0 saturated carbocycles. The van der Waals surface area contributed by atoms with Gasteiger partial charge in [0.05, 0.1) is 15.2 Å². The Balaban J connectivity index is 0.00000242. The lowest BCUT2D eigenvalue weighted by atomic mass is 10.1. The van der Waals surface area contributed by atoms with E-state index in [0.29, 0.717) is 15.6 Å². The number of halogens is 3. The van der Waals surface area contributed by atoms with E-state index in [2.05, 4.69) is 23.7 Å². The van der Waals surface area contributed by atoms with Crippen LogP contribution in [0.15, 0.2) is 10.9 Å². The van der Waals surface area contributed by atoms with Crippen LogP contribution in [-0.2, 0) is 6.42 Å². The summed E-state index contributed by atoms with van der Waals surface area (Å²) >= 11 is 13.7. The van der Waals surface area contributed by atoms with Gasteiger partial charge in [0.15, 0.2) is 0 Å². The second kappa shape index (κ2) is 9.14. The number of nitrogens with one attached hydrogen (secondary N) is 1. The summed E-state index contributed by atoms with van der Waals surface area (Å²) in [4.78, 5) is 16.7. The van der Waals surface area contributed by atoms with Crippen molar-refractivity contribution < 1.29 is 0 Å². The Hall–Kier alpha value is -0.260. The van der Waals surface area contributed by atoms with E-state index in [-0.39, 0.29) is 17.3 Å². The summed E-state index contributed by atoms with van der Waals surface area (Å²) < 4.78 is 0.894. The second-order valence-electron chi connectivity index (χ2n) is 5.13. The standard InChI is InChI=1S/C15H20Cl2N2OS.ClH/c1-3-6-19(7-4-2)8-5-10-11(16)9-12(17)13-14(10)21-15(20)18-13;/h9H,3-8H2,1-2H3,(H,18,20);1H. The van der Waals surface area contributed by atoms with E-state index in [1.165, 1.54) is 11.3 Å². The van der Waals surface area contributed by atoms with Crippen molar-refractivity contribution in [2.24, 2.45) is 0 Å². The second-order valence-corrected chi connectivity index (χ2v) is 6.93. The Kier molecular flexibility index (Phi) is 8.22. The van der Waals surface area contributed by atoms with E-state index in [1.54, 1.807) is 6.07 Å². The summed E-state index contributed by atoms with van der Waals surface area (Å²) in [6.45, 7) is 7.50. The Morgan fingerprint density at radius 1 is 1.14 bits per heavy atom. The smallest absolute Gasteiger partial charge is 0.305 e. The minimum absolute atomic E-state index is 0. The molecule has 1 aromatic heterocycles. The minimum Gasteiger partial charge on any atom is -0.311 e. The molecule has 2 aromatic rings. The van der Waals surface area contributed by atoms with E-state index in [4.69, 9.17) is 23.2 Å². The zero-order valence-electron chi connectivity index (χ0n) is 12.7. The highest BCUT2D eigenvalue weighted by molar-refractivity contribution is 7.16. The number of aromatic amines is 1. The number of hydrogen-bond acceptors (Lipinski definition) is 3. The SMILES string of the molecule is CCCN(CCC)CCc1c(Cl)cc(Cl)c2[nH]c(=O)sc12.Cl. The van der Waals surface area contributed by atoms with Crippen molar-refractivity contribution in [2.45, 2.75) is 33.1 Å². The maximum Gasteiger partial charge on any atom is 0.305 e. The number of fused-ring (bicyclic) bond motifs is 1. The van der Waals surface area contributed by atoms with Crippen molar-refractivity contribution >= 4 is 57.2 Å². The molecule has 0 aliphatic heterocycles. The lowest BCUT2D eigenvalue weighted by Gasteiger charge is -2.21. The first-order chi connectivity index (χ1) is 10.1. The van der Waals surface area contributed by atoms with E-state index < -0.39 is 0 Å². The van der Waals surface area contributed by atoms with Crippen molar-refractivity contribution in [3.05, 3.63) is 31.3 Å². The fourth-order valence-electron chi connectivity index (χ4n) is 2.56. The molecule has 0 radical (unpaired) electrons. The molecule has 3 nitrogen and oxygen atoms in total. The normalized spacial score (nSPS) is 11.1. The molecule has 0 aliphatic rings. The van der Waals surface area contributed by atoms with Crippen LogP contribution >= 0.6 is 46.9 Å². The number of rotatable bonds is 7. The van der Waals surface area contributed by atoms with Gasteiger partial charge in [-0.05, 0) is 44.0 Å². The third kappa shape index (κ3) is 4.62. The molecule has 0 unspecified atom stereocenters. The highest BCUT2D eigenvalue weighted by Gasteiger charge is 2.14. The fourth-order valence-corrected chi connectivity index (χ4v) is 4.21. The molecule has 124 valence electrons. The molecular weight excluding hydrogens is 363 g/mol. The van der Waals surface area contributed by atoms with Crippen LogP contribution in [0.4, 0.5) is 0 Å². The third-order valence-electron chi connectivity index (χ3n) is 3.46. The molecule has 7 heteroatoms. The summed E-state index contributed by atoms with van der Waals surface area (Å²) in [6, 6.07) is 1.73. The third-order valence-corrected chi connectivity index (χ3v) is 5.04. The van der Waals surface area contributed by atoms with Crippen molar-refractivity contribution in [3.8, 4) is 0 Å². The van der Waals surface area contributed by atoms with E-state index in [1.807, 2.05) is 0 Å². The van der Waals surface area contributed by atoms with Gasteiger partial charge in [-0.15, -0.1) is 12.4 Å². The number of benzene rings is 1. The molecule has 1 N–H and O–H groups in total. The maximum absolute atomic E-state index is 11.6. The van der Waals surface area contributed by atoms with Crippen molar-refractivity contribution in [1.82, 2.24) is 9.88 Å². The maximum atomic E-state index is 11.6. The molecule has 0 atom stereocenters. The zero-order valence-corrected chi connectivity index (χ0v) is 15.9. The van der Waals surface area contributed by atoms with Gasteiger partial charge in [-0.25, -0.2) is 0 Å². The summed E-state index contributed by atoms with van der Waals surface area (Å²) in [5, 5.41) is 1.16. The lowest BCUT2D eigenvalue weighted by molar-refractivity contribution is 0.278. The average Bonchev–Trinajstić information content (AvgIpc) is 2.81.